The van der Waals surface area contributed by atoms with Gasteiger partial charge in [0.25, 0.3) is 0 Å². The molecular formula is C12H13IN4O2. The number of hydrogen-bond donors (Lipinski definition) is 1. The molecule has 0 aliphatic rings. The normalized spacial score (nSPS) is 12.3. The first-order valence-corrected chi connectivity index (χ1v) is 6.90. The Bertz CT molecular complexity index is 585. The second-order valence-electron chi connectivity index (χ2n) is 4.26. The number of aromatic nitrogens is 4. The van der Waals surface area contributed by atoms with Gasteiger partial charge >= 0.3 is 5.97 Å². The minimum absolute atomic E-state index is 0.409. The van der Waals surface area contributed by atoms with Crippen molar-refractivity contribution in [3.05, 3.63) is 27.8 Å². The summed E-state index contributed by atoms with van der Waals surface area (Å²) in [5.74, 6) is -0.548. The first-order chi connectivity index (χ1) is 9.08. The highest BCUT2D eigenvalue weighted by molar-refractivity contribution is 14.1. The van der Waals surface area contributed by atoms with Gasteiger partial charge in [0.2, 0.25) is 0 Å². The van der Waals surface area contributed by atoms with Gasteiger partial charge in [-0.15, -0.1) is 5.10 Å². The van der Waals surface area contributed by atoms with Gasteiger partial charge in [0.05, 0.1) is 5.92 Å². The molecule has 0 aliphatic heterocycles. The lowest BCUT2D eigenvalue weighted by atomic mass is 10.1. The number of nitrogens with zero attached hydrogens (tertiary/aromatic N) is 4. The van der Waals surface area contributed by atoms with Crippen molar-refractivity contribution < 1.29 is 9.90 Å². The maximum absolute atomic E-state index is 10.8. The summed E-state index contributed by atoms with van der Waals surface area (Å²) in [6.45, 7) is 2.17. The molecule has 2 aromatic rings. The number of aliphatic carboxylic acids is 1. The number of rotatable bonds is 5. The molecule has 1 heterocycles. The summed E-state index contributed by atoms with van der Waals surface area (Å²) in [6.07, 6.45) is 0.497. The topological polar surface area (TPSA) is 80.9 Å². The van der Waals surface area contributed by atoms with Crippen molar-refractivity contribution in [1.29, 1.82) is 0 Å². The van der Waals surface area contributed by atoms with E-state index in [1.807, 2.05) is 24.3 Å². The fourth-order valence-corrected chi connectivity index (χ4v) is 2.17. The molecule has 6 nitrogen and oxygen atoms in total. The van der Waals surface area contributed by atoms with Crippen LogP contribution in [0.1, 0.15) is 13.3 Å². The average Bonchev–Trinajstić information content (AvgIpc) is 2.84. The van der Waals surface area contributed by atoms with Gasteiger partial charge in [0.1, 0.15) is 0 Å². The van der Waals surface area contributed by atoms with Gasteiger partial charge in [-0.2, -0.15) is 0 Å². The molecule has 0 bridgehead atoms. The summed E-state index contributed by atoms with van der Waals surface area (Å²) < 4.78 is 2.74. The van der Waals surface area contributed by atoms with E-state index in [4.69, 9.17) is 5.11 Å². The highest BCUT2D eigenvalue weighted by atomic mass is 127. The largest absolute Gasteiger partial charge is 0.481 e. The van der Waals surface area contributed by atoms with Crippen LogP contribution in [-0.2, 0) is 11.3 Å². The number of tetrazole rings is 1. The summed E-state index contributed by atoms with van der Waals surface area (Å²) in [5.41, 5.74) is 0.930. The Morgan fingerprint density at radius 2 is 2.32 bits per heavy atom. The highest BCUT2D eigenvalue weighted by Gasteiger charge is 2.14. The number of halogens is 1. The molecule has 7 heteroatoms. The SMILES string of the molecule is CC(CCn1nnnc1-c1cccc(I)c1)C(=O)O. The van der Waals surface area contributed by atoms with Crippen molar-refractivity contribution in [3.63, 3.8) is 0 Å². The molecule has 1 aromatic carbocycles. The summed E-state index contributed by atoms with van der Waals surface area (Å²) in [4.78, 5) is 10.8. The molecule has 2 rings (SSSR count). The first kappa shape index (κ1) is 13.9. The third kappa shape index (κ3) is 3.49. The summed E-state index contributed by atoms with van der Waals surface area (Å²) in [7, 11) is 0. The van der Waals surface area contributed by atoms with Gasteiger partial charge in [-0.25, -0.2) is 4.68 Å². The molecular weight excluding hydrogens is 359 g/mol. The van der Waals surface area contributed by atoms with Crippen LogP contribution < -0.4 is 0 Å². The second-order valence-corrected chi connectivity index (χ2v) is 5.51. The Balaban J connectivity index is 2.16. The standard InChI is InChI=1S/C12H13IN4O2/c1-8(12(18)19)5-6-17-11(14-15-16-17)9-3-2-4-10(13)7-9/h2-4,7-8H,5-6H2,1H3,(H,18,19). The van der Waals surface area contributed by atoms with Crippen molar-refractivity contribution >= 4 is 28.6 Å². The van der Waals surface area contributed by atoms with Gasteiger partial charge in [-0.3, -0.25) is 4.79 Å². The smallest absolute Gasteiger partial charge is 0.306 e. The number of carboxylic acid groups (broad SMARTS) is 1. The molecule has 0 saturated heterocycles. The fourth-order valence-electron chi connectivity index (χ4n) is 1.63. The zero-order valence-electron chi connectivity index (χ0n) is 10.3. The fraction of sp³-hybridized carbons (Fsp3) is 0.333. The summed E-state index contributed by atoms with van der Waals surface area (Å²) >= 11 is 2.23. The van der Waals surface area contributed by atoms with Crippen LogP contribution in [0.15, 0.2) is 24.3 Å². The Morgan fingerprint density at radius 3 is 3.00 bits per heavy atom. The van der Waals surface area contributed by atoms with E-state index in [9.17, 15) is 4.79 Å². The average molecular weight is 372 g/mol. The minimum atomic E-state index is -0.802. The van der Waals surface area contributed by atoms with E-state index in [1.165, 1.54) is 0 Å². The Kier molecular flexibility index (Phi) is 4.46. The van der Waals surface area contributed by atoms with Crippen LogP contribution >= 0.6 is 22.6 Å². The van der Waals surface area contributed by atoms with Gasteiger partial charge in [0, 0.05) is 15.7 Å². The maximum atomic E-state index is 10.8. The molecule has 0 amide bonds. The molecule has 0 saturated carbocycles. The van der Waals surface area contributed by atoms with Crippen LogP contribution in [0, 0.1) is 9.49 Å². The van der Waals surface area contributed by atoms with E-state index in [2.05, 4.69) is 38.1 Å². The molecule has 19 heavy (non-hydrogen) atoms. The molecule has 100 valence electrons. The Hall–Kier alpha value is -1.51. The Labute approximate surface area is 124 Å². The van der Waals surface area contributed by atoms with E-state index in [0.29, 0.717) is 18.8 Å². The lowest BCUT2D eigenvalue weighted by molar-refractivity contribution is -0.141. The predicted octanol–water partition coefficient (Wildman–Crippen LogP) is 2.06. The molecule has 0 fully saturated rings. The minimum Gasteiger partial charge on any atom is -0.481 e. The Morgan fingerprint density at radius 1 is 1.53 bits per heavy atom. The van der Waals surface area contributed by atoms with Crippen molar-refractivity contribution in [2.75, 3.05) is 0 Å². The van der Waals surface area contributed by atoms with E-state index < -0.39 is 11.9 Å². The number of carboxylic acids is 1. The summed E-state index contributed by atoms with van der Waals surface area (Å²) in [6, 6.07) is 7.86. The molecule has 1 aromatic heterocycles. The molecule has 0 radical (unpaired) electrons. The van der Waals surface area contributed by atoms with Crippen molar-refractivity contribution in [2.24, 2.45) is 5.92 Å². The van der Waals surface area contributed by atoms with Gasteiger partial charge < -0.3 is 5.11 Å². The van der Waals surface area contributed by atoms with Crippen LogP contribution in [0.5, 0.6) is 0 Å². The molecule has 0 aliphatic carbocycles. The maximum Gasteiger partial charge on any atom is 0.306 e. The van der Waals surface area contributed by atoms with Crippen LogP contribution in [0.3, 0.4) is 0 Å². The van der Waals surface area contributed by atoms with E-state index in [1.54, 1.807) is 11.6 Å². The zero-order chi connectivity index (χ0) is 13.8. The second kappa shape index (κ2) is 6.09. The van der Waals surface area contributed by atoms with Crippen molar-refractivity contribution in [3.8, 4) is 11.4 Å². The monoisotopic (exact) mass is 372 g/mol. The van der Waals surface area contributed by atoms with Crippen molar-refractivity contribution in [1.82, 2.24) is 20.2 Å². The lowest BCUT2D eigenvalue weighted by Gasteiger charge is -2.07. The van der Waals surface area contributed by atoms with Crippen LogP contribution in [0.4, 0.5) is 0 Å². The third-order valence-electron chi connectivity index (χ3n) is 2.81. The van der Waals surface area contributed by atoms with Crippen LogP contribution in [0.25, 0.3) is 11.4 Å². The first-order valence-electron chi connectivity index (χ1n) is 5.83. The lowest BCUT2D eigenvalue weighted by Crippen LogP contribution is -2.14. The number of carbonyl (C=O) groups is 1. The van der Waals surface area contributed by atoms with Gasteiger partial charge in [0.15, 0.2) is 5.82 Å². The predicted molar refractivity (Wildman–Crippen MR) is 77.4 cm³/mol. The van der Waals surface area contributed by atoms with E-state index in [0.717, 1.165) is 9.13 Å². The van der Waals surface area contributed by atoms with Gasteiger partial charge in [-0.05, 0) is 51.6 Å². The van der Waals surface area contributed by atoms with Crippen LogP contribution in [-0.4, -0.2) is 31.3 Å². The molecule has 0 spiro atoms. The molecule has 1 unspecified atom stereocenters. The number of aryl methyl sites for hydroxylation is 1. The zero-order valence-corrected chi connectivity index (χ0v) is 12.5. The van der Waals surface area contributed by atoms with Crippen LogP contribution in [0.2, 0.25) is 0 Å². The molecule has 1 N–H and O–H groups in total. The highest BCUT2D eigenvalue weighted by Crippen LogP contribution is 2.19. The quantitative estimate of drug-likeness (QED) is 0.813. The molecule has 1 atom stereocenters. The number of hydrogen-bond acceptors (Lipinski definition) is 4. The third-order valence-corrected chi connectivity index (χ3v) is 3.48. The number of benzene rings is 1. The van der Waals surface area contributed by atoms with Crippen molar-refractivity contribution in [2.45, 2.75) is 19.9 Å². The van der Waals surface area contributed by atoms with E-state index in [-0.39, 0.29) is 0 Å². The summed E-state index contributed by atoms with van der Waals surface area (Å²) in [5, 5.41) is 20.5. The van der Waals surface area contributed by atoms with Gasteiger partial charge in [-0.1, -0.05) is 19.1 Å². The van der Waals surface area contributed by atoms with E-state index >= 15 is 0 Å².